The van der Waals surface area contributed by atoms with Gasteiger partial charge in [-0.25, -0.2) is 0 Å². The van der Waals surface area contributed by atoms with Crippen molar-refractivity contribution in [1.29, 1.82) is 0 Å². The van der Waals surface area contributed by atoms with Crippen LogP contribution >= 0.6 is 0 Å². The average Bonchev–Trinajstić information content (AvgIpc) is 2.73. The van der Waals surface area contributed by atoms with Crippen LogP contribution in [0.2, 0.25) is 0 Å². The molecule has 0 bridgehead atoms. The Morgan fingerprint density at radius 2 is 1.78 bits per heavy atom. The monoisotopic (exact) mass is 373 g/mol. The molecule has 6 nitrogen and oxygen atoms in total. The maximum absolute atomic E-state index is 12.4. The van der Waals surface area contributed by atoms with E-state index in [1.807, 2.05) is 29.2 Å². The molecule has 2 fully saturated rings. The molecular weight excluding hydrogens is 342 g/mol. The highest BCUT2D eigenvalue weighted by molar-refractivity contribution is 5.85. The Bertz CT molecular complexity index is 635. The molecule has 0 spiro atoms. The Labute approximate surface area is 161 Å². The highest BCUT2D eigenvalue weighted by Gasteiger charge is 2.23. The van der Waals surface area contributed by atoms with E-state index < -0.39 is 0 Å². The minimum Gasteiger partial charge on any atom is -0.495 e. The lowest BCUT2D eigenvalue weighted by Gasteiger charge is -2.36. The Balaban J connectivity index is 1.41. The van der Waals surface area contributed by atoms with E-state index >= 15 is 0 Å². The molecule has 1 aromatic rings. The Kier molecular flexibility index (Phi) is 6.96. The Morgan fingerprint density at radius 3 is 2.48 bits per heavy atom. The SMILES string of the molecule is COc1ccccc1N1CCN(C(=O)CNC(=O)CC2CCCCC2)CC1. The summed E-state index contributed by atoms with van der Waals surface area (Å²) in [5, 5.41) is 2.82. The standard InChI is InChI=1S/C21H31N3O3/c1-27-19-10-6-5-9-18(19)23-11-13-24(14-12-23)21(26)16-22-20(25)15-17-7-3-2-4-8-17/h5-6,9-10,17H,2-4,7-8,11-16H2,1H3,(H,22,25). The number of piperazine rings is 1. The van der Waals surface area contributed by atoms with Gasteiger partial charge in [0.25, 0.3) is 0 Å². The van der Waals surface area contributed by atoms with Gasteiger partial charge in [0.1, 0.15) is 5.75 Å². The summed E-state index contributed by atoms with van der Waals surface area (Å²) in [5.74, 6) is 1.38. The summed E-state index contributed by atoms with van der Waals surface area (Å²) < 4.78 is 5.43. The number of carbonyl (C=O) groups excluding carboxylic acids is 2. The number of rotatable bonds is 6. The lowest BCUT2D eigenvalue weighted by molar-refractivity contribution is -0.133. The Hall–Kier alpha value is -2.24. The van der Waals surface area contributed by atoms with Gasteiger partial charge in [0.05, 0.1) is 19.3 Å². The molecule has 2 aliphatic rings. The zero-order valence-electron chi connectivity index (χ0n) is 16.3. The number of para-hydroxylation sites is 2. The molecular formula is C21H31N3O3. The molecule has 1 heterocycles. The molecule has 148 valence electrons. The van der Waals surface area contributed by atoms with Crippen molar-refractivity contribution in [2.45, 2.75) is 38.5 Å². The predicted octanol–water partition coefficient (Wildman–Crippen LogP) is 2.43. The van der Waals surface area contributed by atoms with Crippen molar-refractivity contribution in [3.8, 4) is 5.75 Å². The molecule has 3 rings (SSSR count). The van der Waals surface area contributed by atoms with Crippen LogP contribution < -0.4 is 15.0 Å². The second-order valence-electron chi connectivity index (χ2n) is 7.52. The van der Waals surface area contributed by atoms with E-state index in [0.717, 1.165) is 37.4 Å². The molecule has 1 aromatic carbocycles. The maximum atomic E-state index is 12.4. The van der Waals surface area contributed by atoms with E-state index in [2.05, 4.69) is 10.2 Å². The van der Waals surface area contributed by atoms with Gasteiger partial charge in [-0.05, 0) is 30.9 Å². The highest BCUT2D eigenvalue weighted by Crippen LogP contribution is 2.28. The number of methoxy groups -OCH3 is 1. The molecule has 0 atom stereocenters. The summed E-state index contributed by atoms with van der Waals surface area (Å²) in [7, 11) is 1.68. The largest absolute Gasteiger partial charge is 0.495 e. The number of carbonyl (C=O) groups is 2. The third-order valence-electron chi connectivity index (χ3n) is 5.69. The topological polar surface area (TPSA) is 61.9 Å². The molecule has 1 saturated carbocycles. The molecule has 0 radical (unpaired) electrons. The van der Waals surface area contributed by atoms with Gasteiger partial charge in [-0.2, -0.15) is 0 Å². The van der Waals surface area contributed by atoms with Crippen molar-refractivity contribution in [3.05, 3.63) is 24.3 Å². The maximum Gasteiger partial charge on any atom is 0.242 e. The normalized spacial score (nSPS) is 18.3. The van der Waals surface area contributed by atoms with Crippen LogP contribution in [-0.4, -0.2) is 56.5 Å². The van der Waals surface area contributed by atoms with E-state index in [1.165, 1.54) is 19.3 Å². The van der Waals surface area contributed by atoms with Crippen LogP contribution in [0.4, 0.5) is 5.69 Å². The van der Waals surface area contributed by atoms with Crippen LogP contribution in [0.1, 0.15) is 38.5 Å². The summed E-state index contributed by atoms with van der Waals surface area (Å²) in [6, 6.07) is 7.95. The number of amides is 2. The zero-order chi connectivity index (χ0) is 19.1. The third-order valence-corrected chi connectivity index (χ3v) is 5.69. The molecule has 0 unspecified atom stereocenters. The van der Waals surface area contributed by atoms with Gasteiger partial charge < -0.3 is 19.9 Å². The van der Waals surface area contributed by atoms with Gasteiger partial charge in [-0.15, -0.1) is 0 Å². The van der Waals surface area contributed by atoms with Gasteiger partial charge in [-0.1, -0.05) is 31.4 Å². The second-order valence-corrected chi connectivity index (χ2v) is 7.52. The van der Waals surface area contributed by atoms with E-state index in [1.54, 1.807) is 7.11 Å². The van der Waals surface area contributed by atoms with Crippen molar-refractivity contribution in [2.75, 3.05) is 44.7 Å². The van der Waals surface area contributed by atoms with E-state index in [-0.39, 0.29) is 18.4 Å². The van der Waals surface area contributed by atoms with Crippen molar-refractivity contribution >= 4 is 17.5 Å². The van der Waals surface area contributed by atoms with Crippen molar-refractivity contribution in [3.63, 3.8) is 0 Å². The number of ether oxygens (including phenoxy) is 1. The number of benzene rings is 1. The molecule has 2 amide bonds. The lowest BCUT2D eigenvalue weighted by atomic mass is 9.87. The van der Waals surface area contributed by atoms with Crippen LogP contribution in [0.25, 0.3) is 0 Å². The van der Waals surface area contributed by atoms with Crippen LogP contribution in [0, 0.1) is 5.92 Å². The molecule has 1 aliphatic heterocycles. The first-order chi connectivity index (χ1) is 13.2. The molecule has 6 heteroatoms. The fourth-order valence-corrected chi connectivity index (χ4v) is 4.10. The summed E-state index contributed by atoms with van der Waals surface area (Å²) >= 11 is 0. The average molecular weight is 373 g/mol. The number of hydrogen-bond donors (Lipinski definition) is 1. The first-order valence-corrected chi connectivity index (χ1v) is 10.1. The van der Waals surface area contributed by atoms with Gasteiger partial charge in [-0.3, -0.25) is 9.59 Å². The van der Waals surface area contributed by atoms with Crippen LogP contribution in [0.15, 0.2) is 24.3 Å². The molecule has 1 saturated heterocycles. The molecule has 1 aliphatic carbocycles. The molecule has 0 aromatic heterocycles. The number of hydrogen-bond acceptors (Lipinski definition) is 4. The molecule has 1 N–H and O–H groups in total. The lowest BCUT2D eigenvalue weighted by Crippen LogP contribution is -2.51. The fourth-order valence-electron chi connectivity index (χ4n) is 4.10. The van der Waals surface area contributed by atoms with Crippen molar-refractivity contribution in [2.24, 2.45) is 5.92 Å². The molecule has 27 heavy (non-hydrogen) atoms. The number of nitrogens with one attached hydrogen (secondary N) is 1. The van der Waals surface area contributed by atoms with Gasteiger partial charge in [0, 0.05) is 32.6 Å². The summed E-state index contributed by atoms with van der Waals surface area (Å²) in [6.45, 7) is 2.97. The predicted molar refractivity (Wildman–Crippen MR) is 106 cm³/mol. The summed E-state index contributed by atoms with van der Waals surface area (Å²) in [6.07, 6.45) is 6.60. The highest BCUT2D eigenvalue weighted by atomic mass is 16.5. The first kappa shape index (κ1) is 19.5. The van der Waals surface area contributed by atoms with E-state index in [0.29, 0.717) is 25.4 Å². The summed E-state index contributed by atoms with van der Waals surface area (Å²) in [5.41, 5.74) is 1.06. The minimum absolute atomic E-state index is 0.00618. The van der Waals surface area contributed by atoms with E-state index in [9.17, 15) is 9.59 Å². The van der Waals surface area contributed by atoms with Gasteiger partial charge >= 0.3 is 0 Å². The quantitative estimate of drug-likeness (QED) is 0.832. The van der Waals surface area contributed by atoms with E-state index in [4.69, 9.17) is 4.74 Å². The summed E-state index contributed by atoms with van der Waals surface area (Å²) in [4.78, 5) is 28.6. The van der Waals surface area contributed by atoms with Crippen LogP contribution in [-0.2, 0) is 9.59 Å². The number of anilines is 1. The fraction of sp³-hybridized carbons (Fsp3) is 0.619. The van der Waals surface area contributed by atoms with Crippen LogP contribution in [0.3, 0.4) is 0 Å². The zero-order valence-corrected chi connectivity index (χ0v) is 16.3. The van der Waals surface area contributed by atoms with Crippen LogP contribution in [0.5, 0.6) is 5.75 Å². The minimum atomic E-state index is 0.00618. The van der Waals surface area contributed by atoms with Crippen molar-refractivity contribution in [1.82, 2.24) is 10.2 Å². The smallest absolute Gasteiger partial charge is 0.242 e. The third kappa shape index (κ3) is 5.37. The van der Waals surface area contributed by atoms with Gasteiger partial charge in [0.15, 0.2) is 0 Å². The Morgan fingerprint density at radius 1 is 1.07 bits per heavy atom. The second kappa shape index (κ2) is 9.62. The van der Waals surface area contributed by atoms with Gasteiger partial charge in [0.2, 0.25) is 11.8 Å². The van der Waals surface area contributed by atoms with Crippen molar-refractivity contribution < 1.29 is 14.3 Å². The first-order valence-electron chi connectivity index (χ1n) is 10.1. The number of nitrogens with zero attached hydrogens (tertiary/aromatic N) is 2.